The van der Waals surface area contributed by atoms with Gasteiger partial charge in [0.1, 0.15) is 5.60 Å². The van der Waals surface area contributed by atoms with Gasteiger partial charge < -0.3 is 5.11 Å². The number of hydrogen-bond donors (Lipinski definition) is 1. The molecule has 0 spiro atoms. The van der Waals surface area contributed by atoms with Crippen LogP contribution < -0.4 is 0 Å². The Kier molecular flexibility index (Phi) is 4.88. The third-order valence-electron chi connectivity index (χ3n) is 4.96. The maximum absolute atomic E-state index is 12.9. The van der Waals surface area contributed by atoms with Crippen molar-refractivity contribution in [2.45, 2.75) is 5.60 Å². The molecule has 0 heterocycles. The number of benzene rings is 4. The Morgan fingerprint density at radius 2 is 0.964 bits per heavy atom. The topological polar surface area (TPSA) is 37.3 Å². The van der Waals surface area contributed by atoms with Gasteiger partial charge in [-0.05, 0) is 22.8 Å². The molecule has 0 saturated carbocycles. The van der Waals surface area contributed by atoms with Gasteiger partial charge in [0.05, 0.1) is 0 Å². The number of carbonyl (C=O) groups excluding carboxylic acids is 1. The molecule has 2 heteroatoms. The molecule has 0 unspecified atom stereocenters. The molecule has 0 aliphatic rings. The van der Waals surface area contributed by atoms with Gasteiger partial charge >= 0.3 is 0 Å². The van der Waals surface area contributed by atoms with Crippen LogP contribution >= 0.6 is 0 Å². The summed E-state index contributed by atoms with van der Waals surface area (Å²) in [7, 11) is 0. The first-order valence-corrected chi connectivity index (χ1v) is 9.23. The SMILES string of the molecule is O=C(c1ccccc1)c1cccc(C(O)(c2ccccc2)c2ccccc2)c1. The lowest BCUT2D eigenvalue weighted by Crippen LogP contribution is -2.29. The Labute approximate surface area is 164 Å². The number of rotatable bonds is 5. The zero-order chi connectivity index (χ0) is 19.4. The van der Waals surface area contributed by atoms with Crippen LogP contribution in [-0.4, -0.2) is 10.9 Å². The highest BCUT2D eigenvalue weighted by Gasteiger charge is 2.34. The molecule has 0 bridgehead atoms. The van der Waals surface area contributed by atoms with E-state index >= 15 is 0 Å². The van der Waals surface area contributed by atoms with Crippen molar-refractivity contribution < 1.29 is 9.90 Å². The lowest BCUT2D eigenvalue weighted by Gasteiger charge is -2.30. The van der Waals surface area contributed by atoms with Gasteiger partial charge in [0.25, 0.3) is 0 Å². The molecular formula is C26H20O2. The molecular weight excluding hydrogens is 344 g/mol. The predicted molar refractivity (Wildman–Crippen MR) is 111 cm³/mol. The third-order valence-corrected chi connectivity index (χ3v) is 4.96. The van der Waals surface area contributed by atoms with Crippen LogP contribution in [0.4, 0.5) is 0 Å². The van der Waals surface area contributed by atoms with Crippen molar-refractivity contribution in [1.82, 2.24) is 0 Å². The summed E-state index contributed by atoms with van der Waals surface area (Å²) >= 11 is 0. The summed E-state index contributed by atoms with van der Waals surface area (Å²) in [5, 5.41) is 11.9. The summed E-state index contributed by atoms with van der Waals surface area (Å²) in [5.74, 6) is -0.0640. The van der Waals surface area contributed by atoms with Gasteiger partial charge in [-0.3, -0.25) is 4.79 Å². The van der Waals surface area contributed by atoms with Crippen molar-refractivity contribution >= 4 is 5.78 Å². The van der Waals surface area contributed by atoms with Crippen LogP contribution in [0.15, 0.2) is 115 Å². The fourth-order valence-corrected chi connectivity index (χ4v) is 3.50. The van der Waals surface area contributed by atoms with E-state index in [1.54, 1.807) is 24.3 Å². The molecule has 0 fully saturated rings. The van der Waals surface area contributed by atoms with E-state index in [0.29, 0.717) is 16.7 Å². The molecule has 0 atom stereocenters. The van der Waals surface area contributed by atoms with Gasteiger partial charge in [0, 0.05) is 11.1 Å². The summed E-state index contributed by atoms with van der Waals surface area (Å²) in [6, 6.07) is 35.5. The minimum Gasteiger partial charge on any atom is -0.376 e. The van der Waals surface area contributed by atoms with Gasteiger partial charge in [0.2, 0.25) is 0 Å². The molecule has 28 heavy (non-hydrogen) atoms. The number of aliphatic hydroxyl groups is 1. The molecule has 4 rings (SSSR count). The van der Waals surface area contributed by atoms with Gasteiger partial charge in [-0.25, -0.2) is 0 Å². The summed E-state index contributed by atoms with van der Waals surface area (Å²) in [6.07, 6.45) is 0. The molecule has 0 aliphatic carbocycles. The fraction of sp³-hybridized carbons (Fsp3) is 0.0385. The highest BCUT2D eigenvalue weighted by atomic mass is 16.3. The molecule has 0 saturated heterocycles. The molecule has 4 aromatic rings. The van der Waals surface area contributed by atoms with Crippen LogP contribution in [-0.2, 0) is 5.60 Å². The number of hydrogen-bond acceptors (Lipinski definition) is 2. The lowest BCUT2D eigenvalue weighted by molar-refractivity contribution is 0.103. The first-order valence-electron chi connectivity index (χ1n) is 9.23. The second-order valence-corrected chi connectivity index (χ2v) is 6.72. The highest BCUT2D eigenvalue weighted by Crippen LogP contribution is 2.37. The Hall–Kier alpha value is -3.49. The Balaban J connectivity index is 1.86. The molecule has 0 radical (unpaired) electrons. The van der Waals surface area contributed by atoms with E-state index in [9.17, 15) is 9.90 Å². The third kappa shape index (κ3) is 3.26. The van der Waals surface area contributed by atoms with Crippen LogP contribution in [0.1, 0.15) is 32.6 Å². The molecule has 0 aromatic heterocycles. The Morgan fingerprint density at radius 1 is 0.536 bits per heavy atom. The monoisotopic (exact) mass is 364 g/mol. The van der Waals surface area contributed by atoms with E-state index in [-0.39, 0.29) is 5.78 Å². The fourth-order valence-electron chi connectivity index (χ4n) is 3.50. The average molecular weight is 364 g/mol. The molecule has 0 aliphatic heterocycles. The van der Waals surface area contributed by atoms with Gasteiger partial charge in [-0.15, -0.1) is 0 Å². The summed E-state index contributed by atoms with van der Waals surface area (Å²) in [5.41, 5.74) is 1.99. The van der Waals surface area contributed by atoms with Gasteiger partial charge in [-0.2, -0.15) is 0 Å². The normalized spacial score (nSPS) is 11.2. The van der Waals surface area contributed by atoms with Crippen LogP contribution in [0, 0.1) is 0 Å². The van der Waals surface area contributed by atoms with E-state index < -0.39 is 5.60 Å². The molecule has 2 nitrogen and oxygen atoms in total. The molecule has 1 N–H and O–H groups in total. The van der Waals surface area contributed by atoms with E-state index in [0.717, 1.165) is 11.1 Å². The van der Waals surface area contributed by atoms with Crippen molar-refractivity contribution in [3.8, 4) is 0 Å². The maximum Gasteiger partial charge on any atom is 0.193 e. The lowest BCUT2D eigenvalue weighted by atomic mass is 9.79. The smallest absolute Gasteiger partial charge is 0.193 e. The highest BCUT2D eigenvalue weighted by molar-refractivity contribution is 6.09. The van der Waals surface area contributed by atoms with E-state index in [1.165, 1.54) is 0 Å². The van der Waals surface area contributed by atoms with Crippen LogP contribution in [0.2, 0.25) is 0 Å². The number of carbonyl (C=O) groups is 1. The van der Waals surface area contributed by atoms with Crippen molar-refractivity contribution in [1.29, 1.82) is 0 Å². The second-order valence-electron chi connectivity index (χ2n) is 6.72. The summed E-state index contributed by atoms with van der Waals surface area (Å²) < 4.78 is 0. The first kappa shape index (κ1) is 17.9. The molecule has 0 amide bonds. The Bertz CT molecular complexity index is 1030. The minimum absolute atomic E-state index is 0.0640. The van der Waals surface area contributed by atoms with Crippen LogP contribution in [0.25, 0.3) is 0 Å². The second kappa shape index (κ2) is 7.63. The van der Waals surface area contributed by atoms with Crippen LogP contribution in [0.5, 0.6) is 0 Å². The summed E-state index contributed by atoms with van der Waals surface area (Å²) in [4.78, 5) is 12.9. The minimum atomic E-state index is -1.35. The zero-order valence-electron chi connectivity index (χ0n) is 15.3. The maximum atomic E-state index is 12.9. The van der Waals surface area contributed by atoms with E-state index in [2.05, 4.69) is 0 Å². The predicted octanol–water partition coefficient (Wildman–Crippen LogP) is 5.20. The van der Waals surface area contributed by atoms with Crippen LogP contribution in [0.3, 0.4) is 0 Å². The first-order chi connectivity index (χ1) is 13.7. The van der Waals surface area contributed by atoms with Gasteiger partial charge in [-0.1, -0.05) is 109 Å². The standard InChI is InChI=1S/C26H20O2/c27-25(20-11-4-1-5-12-20)21-13-10-18-24(19-21)26(28,22-14-6-2-7-15-22)23-16-8-3-9-17-23/h1-19,28H. The van der Waals surface area contributed by atoms with E-state index in [4.69, 9.17) is 0 Å². The van der Waals surface area contributed by atoms with Crippen molar-refractivity contribution in [2.75, 3.05) is 0 Å². The quantitative estimate of drug-likeness (QED) is 0.390. The average Bonchev–Trinajstić information content (AvgIpc) is 2.80. The largest absolute Gasteiger partial charge is 0.376 e. The summed E-state index contributed by atoms with van der Waals surface area (Å²) in [6.45, 7) is 0. The molecule has 136 valence electrons. The van der Waals surface area contributed by atoms with Crippen molar-refractivity contribution in [3.63, 3.8) is 0 Å². The van der Waals surface area contributed by atoms with Crippen molar-refractivity contribution in [2.24, 2.45) is 0 Å². The van der Waals surface area contributed by atoms with Gasteiger partial charge in [0.15, 0.2) is 5.78 Å². The van der Waals surface area contributed by atoms with E-state index in [1.807, 2.05) is 91.0 Å². The number of ketones is 1. The molecule has 4 aromatic carbocycles. The Morgan fingerprint density at radius 3 is 1.50 bits per heavy atom. The zero-order valence-corrected chi connectivity index (χ0v) is 15.3. The van der Waals surface area contributed by atoms with Crippen molar-refractivity contribution in [3.05, 3.63) is 143 Å².